The van der Waals surface area contributed by atoms with Gasteiger partial charge >= 0.3 is 0 Å². The van der Waals surface area contributed by atoms with E-state index in [4.69, 9.17) is 4.74 Å². The Morgan fingerprint density at radius 2 is 2.00 bits per heavy atom. The predicted molar refractivity (Wildman–Crippen MR) is 103 cm³/mol. The fourth-order valence-corrected chi connectivity index (χ4v) is 2.49. The summed E-state index contributed by atoms with van der Waals surface area (Å²) in [5.74, 6) is 0.401. The van der Waals surface area contributed by atoms with Crippen molar-refractivity contribution in [1.29, 1.82) is 0 Å². The van der Waals surface area contributed by atoms with Gasteiger partial charge in [0.05, 0.1) is 18.0 Å². The Morgan fingerprint density at radius 3 is 2.78 bits per heavy atom. The third-order valence-electron chi connectivity index (χ3n) is 3.82. The van der Waals surface area contributed by atoms with Crippen LogP contribution in [0.15, 0.2) is 61.2 Å². The monoisotopic (exact) mass is 364 g/mol. The molecule has 0 saturated carbocycles. The summed E-state index contributed by atoms with van der Waals surface area (Å²) in [4.78, 5) is 12.3. The number of ether oxygens (including phenoxy) is 1. The van der Waals surface area contributed by atoms with E-state index in [1.165, 1.54) is 0 Å². The fourth-order valence-electron chi connectivity index (χ4n) is 2.49. The molecular formula is C20H20N4O3. The van der Waals surface area contributed by atoms with Gasteiger partial charge in [-0.3, -0.25) is 20.7 Å². The molecule has 7 nitrogen and oxygen atoms in total. The maximum absolute atomic E-state index is 12.3. The van der Waals surface area contributed by atoms with Gasteiger partial charge in [0.25, 0.3) is 5.91 Å². The lowest BCUT2D eigenvalue weighted by Crippen LogP contribution is -2.36. The number of phenols is 1. The number of hydrogen-bond acceptors (Lipinski definition) is 5. The molecule has 0 aliphatic heterocycles. The summed E-state index contributed by atoms with van der Waals surface area (Å²) in [5.41, 5.74) is 7.82. The lowest BCUT2D eigenvalue weighted by atomic mass is 10.1. The summed E-state index contributed by atoms with van der Waals surface area (Å²) in [6.07, 6.45) is 0. The molecule has 0 fully saturated rings. The van der Waals surface area contributed by atoms with Crippen LogP contribution >= 0.6 is 0 Å². The number of benzene rings is 2. The number of aromatic hydroxyl groups is 1. The van der Waals surface area contributed by atoms with Crippen LogP contribution in [0.3, 0.4) is 0 Å². The first kappa shape index (κ1) is 18.1. The molecule has 7 heteroatoms. The van der Waals surface area contributed by atoms with Crippen molar-refractivity contribution in [2.24, 2.45) is 0 Å². The van der Waals surface area contributed by atoms with Gasteiger partial charge in [0.15, 0.2) is 0 Å². The fraction of sp³-hybridized carbons (Fsp3) is 0.100. The number of hydrogen-bond donors (Lipinski definition) is 4. The molecule has 0 bridgehead atoms. The lowest BCUT2D eigenvalue weighted by molar-refractivity contribution is 0.0937. The number of amides is 1. The van der Waals surface area contributed by atoms with E-state index in [-0.39, 0.29) is 11.4 Å². The van der Waals surface area contributed by atoms with E-state index in [9.17, 15) is 9.90 Å². The largest absolute Gasteiger partial charge is 0.507 e. The SMILES string of the molecule is C=C(NNC(=O)c1cc(-c2cccc(OCC)c2)n[nH]1)c1ccccc1O. The first-order valence-corrected chi connectivity index (χ1v) is 8.40. The smallest absolute Gasteiger partial charge is 0.287 e. The molecule has 0 saturated heterocycles. The summed E-state index contributed by atoms with van der Waals surface area (Å²) in [5, 5.41) is 16.7. The minimum Gasteiger partial charge on any atom is -0.507 e. The van der Waals surface area contributed by atoms with Crippen molar-refractivity contribution in [3.05, 3.63) is 72.4 Å². The molecule has 3 rings (SSSR count). The molecule has 0 aliphatic carbocycles. The Balaban J connectivity index is 1.66. The number of H-pyrrole nitrogens is 1. The summed E-state index contributed by atoms with van der Waals surface area (Å²) < 4.78 is 5.48. The maximum atomic E-state index is 12.3. The number of carbonyl (C=O) groups is 1. The number of hydrazine groups is 1. The van der Waals surface area contributed by atoms with Gasteiger partial charge in [0.2, 0.25) is 0 Å². The third kappa shape index (κ3) is 4.27. The van der Waals surface area contributed by atoms with Crippen molar-refractivity contribution >= 4 is 11.6 Å². The molecule has 3 aromatic rings. The summed E-state index contributed by atoms with van der Waals surface area (Å²) >= 11 is 0. The Bertz CT molecular complexity index is 965. The van der Waals surface area contributed by atoms with Crippen molar-refractivity contribution in [2.45, 2.75) is 6.92 Å². The molecule has 2 aromatic carbocycles. The van der Waals surface area contributed by atoms with E-state index in [0.717, 1.165) is 11.3 Å². The maximum Gasteiger partial charge on any atom is 0.287 e. The normalized spacial score (nSPS) is 10.3. The average Bonchev–Trinajstić information content (AvgIpc) is 3.17. The molecular weight excluding hydrogens is 344 g/mol. The van der Waals surface area contributed by atoms with Crippen molar-refractivity contribution in [1.82, 2.24) is 21.0 Å². The number of aromatic amines is 1. The van der Waals surface area contributed by atoms with Gasteiger partial charge in [-0.05, 0) is 37.3 Å². The van der Waals surface area contributed by atoms with Crippen LogP contribution in [0, 0.1) is 0 Å². The standard InChI is InChI=1S/C20H20N4O3/c1-3-27-15-8-6-7-14(11-15)17-12-18(23-22-17)20(26)24-21-13(2)16-9-4-5-10-19(16)25/h4-12,21,25H,2-3H2,1H3,(H,22,23)(H,24,26). The molecule has 138 valence electrons. The van der Waals surface area contributed by atoms with Crippen molar-refractivity contribution < 1.29 is 14.6 Å². The van der Waals surface area contributed by atoms with Gasteiger partial charge in [0.1, 0.15) is 17.2 Å². The van der Waals surface area contributed by atoms with Gasteiger partial charge in [0, 0.05) is 11.1 Å². The first-order chi connectivity index (χ1) is 13.1. The molecule has 0 spiro atoms. The number of rotatable bonds is 7. The minimum atomic E-state index is -0.411. The number of nitrogens with zero attached hydrogens (tertiary/aromatic N) is 1. The first-order valence-electron chi connectivity index (χ1n) is 8.40. The zero-order valence-corrected chi connectivity index (χ0v) is 14.8. The number of para-hydroxylation sites is 1. The minimum absolute atomic E-state index is 0.0715. The summed E-state index contributed by atoms with van der Waals surface area (Å²) in [6, 6.07) is 15.8. The second-order valence-electron chi connectivity index (χ2n) is 5.70. The zero-order chi connectivity index (χ0) is 19.2. The van der Waals surface area contributed by atoms with E-state index < -0.39 is 5.91 Å². The molecule has 0 aliphatic rings. The van der Waals surface area contributed by atoms with Crippen LogP contribution in [0.25, 0.3) is 17.0 Å². The molecule has 1 heterocycles. The van der Waals surface area contributed by atoms with Crippen molar-refractivity contribution in [2.75, 3.05) is 6.61 Å². The van der Waals surface area contributed by atoms with Crippen LogP contribution in [-0.4, -0.2) is 27.8 Å². The molecule has 1 aromatic heterocycles. The molecule has 27 heavy (non-hydrogen) atoms. The highest BCUT2D eigenvalue weighted by Crippen LogP contribution is 2.23. The zero-order valence-electron chi connectivity index (χ0n) is 14.8. The number of carbonyl (C=O) groups excluding carboxylic acids is 1. The van der Waals surface area contributed by atoms with E-state index in [0.29, 0.717) is 23.6 Å². The van der Waals surface area contributed by atoms with Gasteiger partial charge in [-0.25, -0.2) is 0 Å². The van der Waals surface area contributed by atoms with Crippen LogP contribution in [0.5, 0.6) is 11.5 Å². The Morgan fingerprint density at radius 1 is 1.19 bits per heavy atom. The highest BCUT2D eigenvalue weighted by molar-refractivity contribution is 5.93. The second kappa shape index (κ2) is 8.09. The molecule has 0 atom stereocenters. The van der Waals surface area contributed by atoms with Gasteiger partial charge in [-0.2, -0.15) is 5.10 Å². The van der Waals surface area contributed by atoms with Crippen LogP contribution in [0.1, 0.15) is 23.0 Å². The average molecular weight is 364 g/mol. The van der Waals surface area contributed by atoms with Gasteiger partial charge in [-0.15, -0.1) is 0 Å². The van der Waals surface area contributed by atoms with E-state index in [1.54, 1.807) is 30.3 Å². The van der Waals surface area contributed by atoms with Crippen LogP contribution < -0.4 is 15.6 Å². The third-order valence-corrected chi connectivity index (χ3v) is 3.82. The van der Waals surface area contributed by atoms with E-state index in [1.807, 2.05) is 31.2 Å². The summed E-state index contributed by atoms with van der Waals surface area (Å²) in [6.45, 7) is 6.30. The Labute approximate surface area is 156 Å². The topological polar surface area (TPSA) is 99.3 Å². The van der Waals surface area contributed by atoms with Crippen LogP contribution in [-0.2, 0) is 0 Å². The molecule has 0 radical (unpaired) electrons. The Kier molecular flexibility index (Phi) is 5.41. The summed E-state index contributed by atoms with van der Waals surface area (Å²) in [7, 11) is 0. The van der Waals surface area contributed by atoms with Crippen molar-refractivity contribution in [3.8, 4) is 22.8 Å². The van der Waals surface area contributed by atoms with E-state index >= 15 is 0 Å². The van der Waals surface area contributed by atoms with Gasteiger partial charge < -0.3 is 9.84 Å². The van der Waals surface area contributed by atoms with Crippen molar-refractivity contribution in [3.63, 3.8) is 0 Å². The predicted octanol–water partition coefficient (Wildman–Crippen LogP) is 3.09. The van der Waals surface area contributed by atoms with E-state index in [2.05, 4.69) is 27.6 Å². The number of aromatic nitrogens is 2. The highest BCUT2D eigenvalue weighted by Gasteiger charge is 2.12. The number of nitrogens with one attached hydrogen (secondary N) is 3. The van der Waals surface area contributed by atoms with Crippen LogP contribution in [0.2, 0.25) is 0 Å². The van der Waals surface area contributed by atoms with Gasteiger partial charge in [-0.1, -0.05) is 30.8 Å². The molecule has 4 N–H and O–H groups in total. The second-order valence-corrected chi connectivity index (χ2v) is 5.70. The molecule has 1 amide bonds. The Hall–Kier alpha value is -3.74. The van der Waals surface area contributed by atoms with Crippen LogP contribution in [0.4, 0.5) is 0 Å². The number of phenolic OH excluding ortho intramolecular Hbond substituents is 1. The quantitative estimate of drug-likeness (QED) is 0.483. The molecule has 0 unspecified atom stereocenters. The lowest BCUT2D eigenvalue weighted by Gasteiger charge is -2.11. The highest BCUT2D eigenvalue weighted by atomic mass is 16.5.